The van der Waals surface area contributed by atoms with Gasteiger partial charge in [-0.1, -0.05) is 25.1 Å². The molecule has 1 aliphatic rings. The van der Waals surface area contributed by atoms with Crippen molar-refractivity contribution in [1.29, 1.82) is 0 Å². The SMILES string of the molecule is CC[C@@H](CO)NC1CCSc2ccccc21. The summed E-state index contributed by atoms with van der Waals surface area (Å²) in [7, 11) is 0. The number of aliphatic hydroxyl groups is 1. The van der Waals surface area contributed by atoms with E-state index in [4.69, 9.17) is 0 Å². The highest BCUT2D eigenvalue weighted by molar-refractivity contribution is 7.99. The second kappa shape index (κ2) is 5.71. The van der Waals surface area contributed by atoms with E-state index in [1.54, 1.807) is 0 Å². The lowest BCUT2D eigenvalue weighted by Crippen LogP contribution is -2.36. The summed E-state index contributed by atoms with van der Waals surface area (Å²) < 4.78 is 0. The Labute approximate surface area is 101 Å². The maximum atomic E-state index is 9.24. The fraction of sp³-hybridized carbons (Fsp3) is 0.538. The molecule has 2 rings (SSSR count). The normalized spacial score (nSPS) is 21.5. The Morgan fingerprint density at radius 2 is 2.31 bits per heavy atom. The maximum absolute atomic E-state index is 9.24. The van der Waals surface area contributed by atoms with Crippen LogP contribution < -0.4 is 5.32 Å². The average Bonchev–Trinajstić information content (AvgIpc) is 2.36. The van der Waals surface area contributed by atoms with E-state index in [1.165, 1.54) is 10.5 Å². The van der Waals surface area contributed by atoms with E-state index in [9.17, 15) is 5.11 Å². The van der Waals surface area contributed by atoms with Gasteiger partial charge in [-0.2, -0.15) is 0 Å². The van der Waals surface area contributed by atoms with E-state index in [2.05, 4.69) is 36.5 Å². The van der Waals surface area contributed by atoms with Crippen LogP contribution >= 0.6 is 11.8 Å². The van der Waals surface area contributed by atoms with Crippen LogP contribution in [0.2, 0.25) is 0 Å². The molecule has 2 nitrogen and oxygen atoms in total. The monoisotopic (exact) mass is 237 g/mol. The van der Waals surface area contributed by atoms with E-state index < -0.39 is 0 Å². The lowest BCUT2D eigenvalue weighted by Gasteiger charge is -2.29. The van der Waals surface area contributed by atoms with Crippen LogP contribution in [-0.4, -0.2) is 23.5 Å². The highest BCUT2D eigenvalue weighted by Gasteiger charge is 2.21. The number of rotatable bonds is 4. The van der Waals surface area contributed by atoms with Crippen LogP contribution in [0, 0.1) is 0 Å². The van der Waals surface area contributed by atoms with Crippen LogP contribution in [0.5, 0.6) is 0 Å². The van der Waals surface area contributed by atoms with Crippen molar-refractivity contribution < 1.29 is 5.11 Å². The zero-order valence-corrected chi connectivity index (χ0v) is 10.5. The lowest BCUT2D eigenvalue weighted by atomic mass is 10.0. The summed E-state index contributed by atoms with van der Waals surface area (Å²) >= 11 is 1.93. The Bertz CT molecular complexity index is 338. The molecule has 0 radical (unpaired) electrons. The maximum Gasteiger partial charge on any atom is 0.0584 e. The number of benzene rings is 1. The van der Waals surface area contributed by atoms with Crippen molar-refractivity contribution in [3.05, 3.63) is 29.8 Å². The molecular weight excluding hydrogens is 218 g/mol. The predicted octanol–water partition coefficient (Wildman–Crippen LogP) is 2.58. The third-order valence-electron chi connectivity index (χ3n) is 3.11. The molecule has 0 saturated carbocycles. The zero-order valence-electron chi connectivity index (χ0n) is 9.65. The molecule has 0 fully saturated rings. The Kier molecular flexibility index (Phi) is 4.27. The molecule has 3 heteroatoms. The molecule has 1 unspecified atom stereocenters. The van der Waals surface area contributed by atoms with Gasteiger partial charge in [0.25, 0.3) is 0 Å². The fourth-order valence-corrected chi connectivity index (χ4v) is 3.22. The van der Waals surface area contributed by atoms with Crippen molar-refractivity contribution >= 4 is 11.8 Å². The lowest BCUT2D eigenvalue weighted by molar-refractivity contribution is 0.226. The number of nitrogens with one attached hydrogen (secondary N) is 1. The zero-order chi connectivity index (χ0) is 11.4. The Balaban J connectivity index is 2.12. The number of aliphatic hydroxyl groups excluding tert-OH is 1. The molecule has 0 amide bonds. The van der Waals surface area contributed by atoms with E-state index in [0.29, 0.717) is 6.04 Å². The molecule has 2 atom stereocenters. The summed E-state index contributed by atoms with van der Waals surface area (Å²) in [6.07, 6.45) is 2.13. The molecule has 16 heavy (non-hydrogen) atoms. The fourth-order valence-electron chi connectivity index (χ4n) is 2.10. The van der Waals surface area contributed by atoms with Gasteiger partial charge in [0.1, 0.15) is 0 Å². The third kappa shape index (κ3) is 2.59. The minimum absolute atomic E-state index is 0.223. The molecule has 1 heterocycles. The average molecular weight is 237 g/mol. The molecule has 2 N–H and O–H groups in total. The number of hydrogen-bond acceptors (Lipinski definition) is 3. The van der Waals surface area contributed by atoms with E-state index in [0.717, 1.165) is 18.6 Å². The van der Waals surface area contributed by atoms with E-state index in [1.807, 2.05) is 11.8 Å². The standard InChI is InChI=1S/C13H19NOS/c1-2-10(9-15)14-12-7-8-16-13-6-4-3-5-11(12)13/h3-6,10,12,14-15H,2,7-9H2,1H3/t10-,12?/m0/s1. The predicted molar refractivity (Wildman–Crippen MR) is 68.8 cm³/mol. The van der Waals surface area contributed by atoms with Gasteiger partial charge in [0.05, 0.1) is 6.61 Å². The molecule has 88 valence electrons. The van der Waals surface area contributed by atoms with Crippen LogP contribution in [-0.2, 0) is 0 Å². The minimum Gasteiger partial charge on any atom is -0.395 e. The number of fused-ring (bicyclic) bond motifs is 1. The molecule has 0 aliphatic carbocycles. The number of hydrogen-bond donors (Lipinski definition) is 2. The summed E-state index contributed by atoms with van der Waals surface area (Å²) in [5, 5.41) is 12.8. The van der Waals surface area contributed by atoms with Gasteiger partial charge in [0.2, 0.25) is 0 Å². The first-order valence-corrected chi connectivity index (χ1v) is 6.92. The van der Waals surface area contributed by atoms with Crippen molar-refractivity contribution in [2.75, 3.05) is 12.4 Å². The summed E-state index contributed by atoms with van der Waals surface area (Å²) in [5.41, 5.74) is 1.39. The smallest absolute Gasteiger partial charge is 0.0584 e. The van der Waals surface area contributed by atoms with Gasteiger partial charge in [0, 0.05) is 17.0 Å². The van der Waals surface area contributed by atoms with Gasteiger partial charge in [-0.25, -0.2) is 0 Å². The molecule has 0 spiro atoms. The van der Waals surface area contributed by atoms with Crippen molar-refractivity contribution in [3.8, 4) is 0 Å². The molecule has 0 saturated heterocycles. The van der Waals surface area contributed by atoms with Gasteiger partial charge in [-0.3, -0.25) is 0 Å². The van der Waals surface area contributed by atoms with Gasteiger partial charge in [-0.05, 0) is 30.2 Å². The summed E-state index contributed by atoms with van der Waals surface area (Å²) in [6, 6.07) is 9.21. The van der Waals surface area contributed by atoms with Gasteiger partial charge in [-0.15, -0.1) is 11.8 Å². The van der Waals surface area contributed by atoms with Crippen LogP contribution in [0.3, 0.4) is 0 Å². The third-order valence-corrected chi connectivity index (χ3v) is 4.23. The minimum atomic E-state index is 0.223. The second-order valence-corrected chi connectivity index (χ2v) is 5.32. The quantitative estimate of drug-likeness (QED) is 0.844. The summed E-state index contributed by atoms with van der Waals surface area (Å²) in [4.78, 5) is 1.39. The van der Waals surface area contributed by atoms with Crippen LogP contribution in [0.25, 0.3) is 0 Å². The van der Waals surface area contributed by atoms with Crippen LogP contribution in [0.4, 0.5) is 0 Å². The molecule has 1 aromatic rings. The molecule has 1 aromatic carbocycles. The van der Waals surface area contributed by atoms with E-state index >= 15 is 0 Å². The largest absolute Gasteiger partial charge is 0.395 e. The molecule has 1 aliphatic heterocycles. The van der Waals surface area contributed by atoms with Gasteiger partial charge in [0.15, 0.2) is 0 Å². The van der Waals surface area contributed by atoms with Gasteiger partial charge < -0.3 is 10.4 Å². The van der Waals surface area contributed by atoms with Crippen LogP contribution in [0.15, 0.2) is 29.2 Å². The Hall–Kier alpha value is -0.510. The van der Waals surface area contributed by atoms with Crippen molar-refractivity contribution in [1.82, 2.24) is 5.32 Å². The summed E-state index contributed by atoms with van der Waals surface area (Å²) in [6.45, 7) is 2.33. The topological polar surface area (TPSA) is 32.3 Å². The highest BCUT2D eigenvalue weighted by Crippen LogP contribution is 2.36. The first-order chi connectivity index (χ1) is 7.85. The first-order valence-electron chi connectivity index (χ1n) is 5.93. The van der Waals surface area contributed by atoms with Gasteiger partial charge >= 0.3 is 0 Å². The Morgan fingerprint density at radius 1 is 1.50 bits per heavy atom. The highest BCUT2D eigenvalue weighted by atomic mass is 32.2. The van der Waals surface area contributed by atoms with E-state index in [-0.39, 0.29) is 12.6 Å². The molecule has 0 aromatic heterocycles. The number of thioether (sulfide) groups is 1. The molecule has 0 bridgehead atoms. The Morgan fingerprint density at radius 3 is 3.06 bits per heavy atom. The van der Waals surface area contributed by atoms with Crippen molar-refractivity contribution in [2.24, 2.45) is 0 Å². The van der Waals surface area contributed by atoms with Crippen LogP contribution in [0.1, 0.15) is 31.4 Å². The summed E-state index contributed by atoms with van der Waals surface area (Å²) in [5.74, 6) is 1.16. The van der Waals surface area contributed by atoms with Crippen molar-refractivity contribution in [3.63, 3.8) is 0 Å². The first kappa shape index (κ1) is 12.0. The second-order valence-electron chi connectivity index (χ2n) is 4.18. The molecular formula is C13H19NOS. The van der Waals surface area contributed by atoms with Crippen molar-refractivity contribution in [2.45, 2.75) is 36.7 Å².